The number of rotatable bonds is 5. The third kappa shape index (κ3) is 2.84. The zero-order chi connectivity index (χ0) is 13.8. The second kappa shape index (κ2) is 5.69. The van der Waals surface area contributed by atoms with E-state index in [1.165, 1.54) is 5.56 Å². The Morgan fingerprint density at radius 1 is 1.32 bits per heavy atom. The summed E-state index contributed by atoms with van der Waals surface area (Å²) in [6.07, 6.45) is 1.95. The Bertz CT molecular complexity index is 549. The highest BCUT2D eigenvalue weighted by atomic mass is 16.5. The van der Waals surface area contributed by atoms with E-state index in [1.807, 2.05) is 38.1 Å². The van der Waals surface area contributed by atoms with Gasteiger partial charge in [-0.15, -0.1) is 0 Å². The van der Waals surface area contributed by atoms with Gasteiger partial charge in [-0.25, -0.2) is 0 Å². The van der Waals surface area contributed by atoms with Crippen LogP contribution >= 0.6 is 0 Å². The average Bonchev–Trinajstić information content (AvgIpc) is 2.84. The summed E-state index contributed by atoms with van der Waals surface area (Å²) in [5.41, 5.74) is 2.74. The summed E-state index contributed by atoms with van der Waals surface area (Å²) in [5.74, 6) is 0.569. The number of aromatic nitrogens is 2. The van der Waals surface area contributed by atoms with Crippen LogP contribution in [0.4, 0.5) is 0 Å². The van der Waals surface area contributed by atoms with Crippen LogP contribution in [0.5, 0.6) is 5.75 Å². The quantitative estimate of drug-likeness (QED) is 0.774. The maximum absolute atomic E-state index is 12.4. The zero-order valence-corrected chi connectivity index (χ0v) is 11.5. The summed E-state index contributed by atoms with van der Waals surface area (Å²) < 4.78 is 6.88. The van der Waals surface area contributed by atoms with Crippen LogP contribution in [0.3, 0.4) is 0 Å². The van der Waals surface area contributed by atoms with Crippen molar-refractivity contribution in [2.45, 2.75) is 26.8 Å². The molecule has 1 aromatic heterocycles. The molecule has 0 amide bonds. The summed E-state index contributed by atoms with van der Waals surface area (Å²) in [5, 5.41) is 4.15. The van der Waals surface area contributed by atoms with E-state index in [1.54, 1.807) is 18.0 Å². The minimum absolute atomic E-state index is 0.0278. The molecule has 0 spiro atoms. The van der Waals surface area contributed by atoms with Gasteiger partial charge in [0, 0.05) is 13.0 Å². The molecule has 0 fully saturated rings. The Hall–Kier alpha value is -2.10. The van der Waals surface area contributed by atoms with Crippen molar-refractivity contribution in [1.29, 1.82) is 0 Å². The molecule has 0 aliphatic carbocycles. The smallest absolute Gasteiger partial charge is 0.189 e. The molecule has 0 saturated carbocycles. The van der Waals surface area contributed by atoms with E-state index in [4.69, 9.17) is 4.74 Å². The van der Waals surface area contributed by atoms with Gasteiger partial charge in [-0.2, -0.15) is 5.10 Å². The van der Waals surface area contributed by atoms with Crippen LogP contribution in [0.1, 0.15) is 28.5 Å². The van der Waals surface area contributed by atoms with Crippen molar-refractivity contribution in [3.8, 4) is 5.75 Å². The lowest BCUT2D eigenvalue weighted by Gasteiger charge is -2.06. The highest BCUT2D eigenvalue weighted by molar-refractivity contribution is 5.98. The molecule has 0 N–H and O–H groups in total. The number of hydrogen-bond acceptors (Lipinski definition) is 3. The second-order valence-electron chi connectivity index (χ2n) is 4.46. The Kier molecular flexibility index (Phi) is 4.00. The fraction of sp³-hybridized carbons (Fsp3) is 0.333. The van der Waals surface area contributed by atoms with Crippen LogP contribution in [-0.2, 0) is 13.0 Å². The number of ether oxygens (including phenoxy) is 1. The van der Waals surface area contributed by atoms with Crippen molar-refractivity contribution >= 4 is 5.78 Å². The molecule has 4 nitrogen and oxygen atoms in total. The largest absolute Gasteiger partial charge is 0.493 e. The number of hydrogen-bond donors (Lipinski definition) is 0. The average molecular weight is 258 g/mol. The van der Waals surface area contributed by atoms with E-state index in [9.17, 15) is 4.79 Å². The summed E-state index contributed by atoms with van der Waals surface area (Å²) in [6, 6.07) is 7.98. The highest BCUT2D eigenvalue weighted by Crippen LogP contribution is 2.20. The van der Waals surface area contributed by atoms with Crippen molar-refractivity contribution < 1.29 is 9.53 Å². The van der Waals surface area contributed by atoms with E-state index in [0.717, 1.165) is 5.56 Å². The molecule has 0 aliphatic heterocycles. The first kappa shape index (κ1) is 13.3. The van der Waals surface area contributed by atoms with Crippen molar-refractivity contribution in [2.75, 3.05) is 7.11 Å². The molecular weight excluding hydrogens is 240 g/mol. The van der Waals surface area contributed by atoms with Gasteiger partial charge in [0.25, 0.3) is 0 Å². The van der Waals surface area contributed by atoms with E-state index in [-0.39, 0.29) is 5.78 Å². The van der Waals surface area contributed by atoms with Gasteiger partial charge in [-0.05, 0) is 19.4 Å². The minimum Gasteiger partial charge on any atom is -0.493 e. The number of Topliss-reactive ketones (excluding diaryl/α,β-unsaturated/α-hetero) is 1. The standard InChI is InChI=1S/C15H18N2O2/c1-4-17-15(14(19-3)10-16-17)13(18)9-12-7-5-11(2)6-8-12/h5-8,10H,4,9H2,1-3H3. The van der Waals surface area contributed by atoms with E-state index >= 15 is 0 Å². The third-order valence-electron chi connectivity index (χ3n) is 3.07. The molecule has 0 atom stereocenters. The topological polar surface area (TPSA) is 44.1 Å². The molecule has 100 valence electrons. The lowest BCUT2D eigenvalue weighted by molar-refractivity contribution is 0.0979. The monoisotopic (exact) mass is 258 g/mol. The molecule has 1 aromatic carbocycles. The molecule has 0 unspecified atom stereocenters. The van der Waals surface area contributed by atoms with Crippen molar-refractivity contribution in [3.05, 3.63) is 47.3 Å². The number of aryl methyl sites for hydroxylation is 2. The van der Waals surface area contributed by atoms with Gasteiger partial charge >= 0.3 is 0 Å². The molecule has 0 saturated heterocycles. The fourth-order valence-corrected chi connectivity index (χ4v) is 2.01. The molecule has 0 bridgehead atoms. The summed E-state index contributed by atoms with van der Waals surface area (Å²) in [6.45, 7) is 4.63. The SMILES string of the molecule is CCn1ncc(OC)c1C(=O)Cc1ccc(C)cc1. The van der Waals surface area contributed by atoms with Crippen LogP contribution in [0.15, 0.2) is 30.5 Å². The normalized spacial score (nSPS) is 10.5. The van der Waals surface area contributed by atoms with Crippen molar-refractivity contribution in [3.63, 3.8) is 0 Å². The Morgan fingerprint density at radius 2 is 2.00 bits per heavy atom. The number of carbonyl (C=O) groups excluding carboxylic acids is 1. The third-order valence-corrected chi connectivity index (χ3v) is 3.07. The number of nitrogens with zero attached hydrogens (tertiary/aromatic N) is 2. The Morgan fingerprint density at radius 3 is 2.58 bits per heavy atom. The lowest BCUT2D eigenvalue weighted by Crippen LogP contribution is -2.12. The lowest BCUT2D eigenvalue weighted by atomic mass is 10.1. The molecule has 0 aliphatic rings. The van der Waals surface area contributed by atoms with Gasteiger partial charge in [0.05, 0.1) is 13.3 Å². The van der Waals surface area contributed by atoms with Gasteiger partial charge in [-0.1, -0.05) is 29.8 Å². The number of benzene rings is 1. The van der Waals surface area contributed by atoms with Crippen LogP contribution in [0.25, 0.3) is 0 Å². The van der Waals surface area contributed by atoms with Gasteiger partial charge < -0.3 is 4.74 Å². The van der Waals surface area contributed by atoms with Crippen molar-refractivity contribution in [1.82, 2.24) is 9.78 Å². The molecule has 1 heterocycles. The van der Waals surface area contributed by atoms with Gasteiger partial charge in [0.1, 0.15) is 5.69 Å². The number of methoxy groups -OCH3 is 1. The first-order valence-corrected chi connectivity index (χ1v) is 6.34. The summed E-state index contributed by atoms with van der Waals surface area (Å²) in [4.78, 5) is 12.4. The van der Waals surface area contributed by atoms with Crippen LogP contribution in [0, 0.1) is 6.92 Å². The van der Waals surface area contributed by atoms with Crippen molar-refractivity contribution in [2.24, 2.45) is 0 Å². The Labute approximate surface area is 113 Å². The van der Waals surface area contributed by atoms with E-state index in [0.29, 0.717) is 24.4 Å². The molecule has 2 aromatic rings. The van der Waals surface area contributed by atoms with Crippen LogP contribution in [-0.4, -0.2) is 22.7 Å². The predicted octanol–water partition coefficient (Wildman–Crippen LogP) is 2.65. The predicted molar refractivity (Wildman–Crippen MR) is 73.7 cm³/mol. The van der Waals surface area contributed by atoms with E-state index < -0.39 is 0 Å². The Balaban J connectivity index is 2.24. The number of ketones is 1. The van der Waals surface area contributed by atoms with Gasteiger partial charge in [0.15, 0.2) is 11.5 Å². The fourth-order valence-electron chi connectivity index (χ4n) is 2.01. The van der Waals surface area contributed by atoms with E-state index in [2.05, 4.69) is 5.10 Å². The maximum atomic E-state index is 12.4. The van der Waals surface area contributed by atoms with Crippen LogP contribution in [0.2, 0.25) is 0 Å². The highest BCUT2D eigenvalue weighted by Gasteiger charge is 2.18. The minimum atomic E-state index is 0.0278. The summed E-state index contributed by atoms with van der Waals surface area (Å²) in [7, 11) is 1.56. The first-order chi connectivity index (χ1) is 9.15. The van der Waals surface area contributed by atoms with Gasteiger partial charge in [0.2, 0.25) is 0 Å². The van der Waals surface area contributed by atoms with Gasteiger partial charge in [-0.3, -0.25) is 9.48 Å². The maximum Gasteiger partial charge on any atom is 0.189 e. The molecular formula is C15H18N2O2. The molecule has 19 heavy (non-hydrogen) atoms. The molecule has 2 rings (SSSR count). The summed E-state index contributed by atoms with van der Waals surface area (Å²) >= 11 is 0. The number of carbonyl (C=O) groups is 1. The first-order valence-electron chi connectivity index (χ1n) is 6.34. The molecule has 0 radical (unpaired) electrons. The molecule has 4 heteroatoms. The second-order valence-corrected chi connectivity index (χ2v) is 4.46. The van der Waals surface area contributed by atoms with Crippen LogP contribution < -0.4 is 4.74 Å². The zero-order valence-electron chi connectivity index (χ0n) is 11.5.